The van der Waals surface area contributed by atoms with Crippen molar-refractivity contribution in [2.45, 2.75) is 13.5 Å². The molecule has 1 aromatic carbocycles. The SMILES string of the molecule is Cc1ccc2nc(N(Cc3ccco3)C(=O)/C=C/c3cccs3)sc2c1. The number of aryl methyl sites for hydroxylation is 1. The molecule has 0 radical (unpaired) electrons. The van der Waals surface area contributed by atoms with Crippen molar-refractivity contribution in [2.24, 2.45) is 0 Å². The number of anilines is 1. The quantitative estimate of drug-likeness (QED) is 0.429. The molecule has 0 bridgehead atoms. The zero-order chi connectivity index (χ0) is 17.9. The molecule has 0 fully saturated rings. The fraction of sp³-hybridized carbons (Fsp3) is 0.100. The Morgan fingerprint density at radius 2 is 2.19 bits per heavy atom. The Balaban J connectivity index is 1.68. The molecule has 4 rings (SSSR count). The topological polar surface area (TPSA) is 46.3 Å². The number of rotatable bonds is 5. The van der Waals surface area contributed by atoms with Crippen molar-refractivity contribution in [1.82, 2.24) is 4.98 Å². The van der Waals surface area contributed by atoms with Gasteiger partial charge in [0.05, 0.1) is 23.0 Å². The third-order valence-electron chi connectivity index (χ3n) is 3.86. The van der Waals surface area contributed by atoms with Gasteiger partial charge in [0.1, 0.15) is 5.76 Å². The number of thiophene rings is 1. The summed E-state index contributed by atoms with van der Waals surface area (Å²) >= 11 is 3.11. The molecular weight excluding hydrogens is 364 g/mol. The molecule has 0 aliphatic rings. The van der Waals surface area contributed by atoms with Crippen molar-refractivity contribution in [2.75, 3.05) is 4.90 Å². The molecule has 0 spiro atoms. The summed E-state index contributed by atoms with van der Waals surface area (Å²) in [5, 5.41) is 2.66. The zero-order valence-corrected chi connectivity index (χ0v) is 15.7. The van der Waals surface area contributed by atoms with E-state index >= 15 is 0 Å². The van der Waals surface area contributed by atoms with Gasteiger partial charge in [0.25, 0.3) is 5.91 Å². The predicted octanol–water partition coefficient (Wildman–Crippen LogP) is 5.51. The largest absolute Gasteiger partial charge is 0.467 e. The Morgan fingerprint density at radius 3 is 2.96 bits per heavy atom. The molecular formula is C20H16N2O2S2. The molecule has 130 valence electrons. The molecule has 1 amide bonds. The maximum Gasteiger partial charge on any atom is 0.253 e. The van der Waals surface area contributed by atoms with Crippen LogP contribution < -0.4 is 4.90 Å². The Kier molecular flexibility index (Phi) is 4.69. The lowest BCUT2D eigenvalue weighted by molar-refractivity contribution is -0.114. The molecule has 26 heavy (non-hydrogen) atoms. The molecule has 0 saturated heterocycles. The highest BCUT2D eigenvalue weighted by molar-refractivity contribution is 7.22. The highest BCUT2D eigenvalue weighted by Crippen LogP contribution is 2.31. The van der Waals surface area contributed by atoms with E-state index in [4.69, 9.17) is 4.42 Å². The highest BCUT2D eigenvalue weighted by atomic mass is 32.1. The van der Waals surface area contributed by atoms with Gasteiger partial charge >= 0.3 is 0 Å². The van der Waals surface area contributed by atoms with Crippen molar-refractivity contribution in [3.63, 3.8) is 0 Å². The first kappa shape index (κ1) is 16.8. The van der Waals surface area contributed by atoms with E-state index in [-0.39, 0.29) is 5.91 Å². The molecule has 3 heterocycles. The maximum atomic E-state index is 12.9. The van der Waals surface area contributed by atoms with Crippen molar-refractivity contribution in [3.8, 4) is 0 Å². The Morgan fingerprint density at radius 1 is 1.27 bits per heavy atom. The zero-order valence-electron chi connectivity index (χ0n) is 14.1. The number of fused-ring (bicyclic) bond motifs is 1. The molecule has 0 aliphatic heterocycles. The van der Waals surface area contributed by atoms with Gasteiger partial charge in [-0.1, -0.05) is 23.5 Å². The summed E-state index contributed by atoms with van der Waals surface area (Å²) in [6, 6.07) is 13.7. The average molecular weight is 380 g/mol. The molecule has 4 nitrogen and oxygen atoms in total. The van der Waals surface area contributed by atoms with Crippen molar-refractivity contribution in [1.29, 1.82) is 0 Å². The summed E-state index contributed by atoms with van der Waals surface area (Å²) in [7, 11) is 0. The van der Waals surface area contributed by atoms with Crippen LogP contribution in [0.4, 0.5) is 5.13 Å². The molecule has 0 saturated carbocycles. The minimum atomic E-state index is -0.120. The van der Waals surface area contributed by atoms with Gasteiger partial charge in [-0.15, -0.1) is 11.3 Å². The molecule has 6 heteroatoms. The molecule has 3 aromatic heterocycles. The maximum absolute atomic E-state index is 12.9. The number of nitrogens with zero attached hydrogens (tertiary/aromatic N) is 2. The first-order valence-corrected chi connectivity index (χ1v) is 9.81. The van der Waals surface area contributed by atoms with E-state index in [0.29, 0.717) is 11.7 Å². The smallest absolute Gasteiger partial charge is 0.253 e. The molecule has 0 aliphatic carbocycles. The van der Waals surface area contributed by atoms with Crippen molar-refractivity contribution in [3.05, 3.63) is 76.4 Å². The molecule has 0 N–H and O–H groups in total. The number of furan rings is 1. The standard InChI is InChI=1S/C20H16N2O2S2/c1-14-6-8-17-18(12-14)26-20(21-17)22(13-15-4-2-10-24-15)19(23)9-7-16-5-3-11-25-16/h2-12H,13H2,1H3/b9-7+. The number of carbonyl (C=O) groups excluding carboxylic acids is 1. The fourth-order valence-corrected chi connectivity index (χ4v) is 4.25. The summed E-state index contributed by atoms with van der Waals surface area (Å²) in [6.07, 6.45) is 5.03. The Labute approximate surface area is 159 Å². The van der Waals surface area contributed by atoms with Crippen LogP contribution in [0.15, 0.2) is 64.6 Å². The summed E-state index contributed by atoms with van der Waals surface area (Å²) in [4.78, 5) is 20.2. The Hall–Kier alpha value is -2.70. The van der Waals surface area contributed by atoms with E-state index < -0.39 is 0 Å². The number of carbonyl (C=O) groups is 1. The van der Waals surface area contributed by atoms with Crippen LogP contribution >= 0.6 is 22.7 Å². The van der Waals surface area contributed by atoms with Gasteiger partial charge in [0.15, 0.2) is 5.13 Å². The first-order valence-electron chi connectivity index (χ1n) is 8.12. The van der Waals surface area contributed by atoms with Gasteiger partial charge in [-0.05, 0) is 54.3 Å². The minimum Gasteiger partial charge on any atom is -0.467 e. The summed E-state index contributed by atoms with van der Waals surface area (Å²) in [5.74, 6) is 0.601. The number of thiazole rings is 1. The number of hydrogen-bond donors (Lipinski definition) is 0. The van der Waals surface area contributed by atoms with E-state index in [1.54, 1.807) is 28.6 Å². The molecule has 0 unspecified atom stereocenters. The van der Waals surface area contributed by atoms with Crippen LogP contribution in [0.2, 0.25) is 0 Å². The normalized spacial score (nSPS) is 11.4. The van der Waals surface area contributed by atoms with Crippen molar-refractivity contribution < 1.29 is 9.21 Å². The summed E-state index contributed by atoms with van der Waals surface area (Å²) in [5.41, 5.74) is 2.07. The molecule has 0 atom stereocenters. The van der Waals surface area contributed by atoms with Crippen LogP contribution in [0.25, 0.3) is 16.3 Å². The van der Waals surface area contributed by atoms with Crippen LogP contribution in [0.5, 0.6) is 0 Å². The van der Waals surface area contributed by atoms with Gasteiger partial charge in [0.2, 0.25) is 0 Å². The second kappa shape index (κ2) is 7.27. The second-order valence-electron chi connectivity index (χ2n) is 5.82. The van der Waals surface area contributed by atoms with Gasteiger partial charge in [-0.25, -0.2) is 4.98 Å². The van der Waals surface area contributed by atoms with E-state index in [1.165, 1.54) is 16.9 Å². The second-order valence-corrected chi connectivity index (χ2v) is 7.81. The van der Waals surface area contributed by atoms with Crippen LogP contribution in [-0.4, -0.2) is 10.9 Å². The number of benzene rings is 1. The van der Waals surface area contributed by atoms with Gasteiger partial charge in [-0.2, -0.15) is 0 Å². The van der Waals surface area contributed by atoms with E-state index in [0.717, 1.165) is 20.9 Å². The van der Waals surface area contributed by atoms with E-state index in [9.17, 15) is 4.79 Å². The first-order chi connectivity index (χ1) is 12.7. The van der Waals surface area contributed by atoms with Crippen LogP contribution in [0, 0.1) is 6.92 Å². The highest BCUT2D eigenvalue weighted by Gasteiger charge is 2.19. The van der Waals surface area contributed by atoms with Crippen molar-refractivity contribution >= 4 is 50.0 Å². The lowest BCUT2D eigenvalue weighted by atomic mass is 10.2. The lowest BCUT2D eigenvalue weighted by Gasteiger charge is -2.16. The number of hydrogen-bond acceptors (Lipinski definition) is 5. The Bertz CT molecular complexity index is 1050. The third-order valence-corrected chi connectivity index (χ3v) is 5.74. The monoisotopic (exact) mass is 380 g/mol. The van der Waals surface area contributed by atoms with E-state index in [2.05, 4.69) is 11.1 Å². The summed E-state index contributed by atoms with van der Waals surface area (Å²) in [6.45, 7) is 2.40. The number of aromatic nitrogens is 1. The van der Waals surface area contributed by atoms with E-state index in [1.807, 2.05) is 54.8 Å². The van der Waals surface area contributed by atoms with Gasteiger partial charge in [0, 0.05) is 11.0 Å². The minimum absolute atomic E-state index is 0.120. The lowest BCUT2D eigenvalue weighted by Crippen LogP contribution is -2.28. The average Bonchev–Trinajstić information content (AvgIpc) is 3.38. The van der Waals surface area contributed by atoms with Crippen LogP contribution in [-0.2, 0) is 11.3 Å². The van der Waals surface area contributed by atoms with Crippen LogP contribution in [0.1, 0.15) is 16.2 Å². The third kappa shape index (κ3) is 3.61. The van der Waals surface area contributed by atoms with Crippen LogP contribution in [0.3, 0.4) is 0 Å². The van der Waals surface area contributed by atoms with Gasteiger partial charge < -0.3 is 4.42 Å². The summed E-state index contributed by atoms with van der Waals surface area (Å²) < 4.78 is 6.51. The predicted molar refractivity (Wildman–Crippen MR) is 108 cm³/mol. The number of amides is 1. The fourth-order valence-electron chi connectivity index (χ4n) is 2.56. The van der Waals surface area contributed by atoms with Gasteiger partial charge in [-0.3, -0.25) is 9.69 Å². The molecule has 4 aromatic rings.